The summed E-state index contributed by atoms with van der Waals surface area (Å²) < 4.78 is 13.3. The Morgan fingerprint density at radius 3 is 2.59 bits per heavy atom. The Labute approximate surface area is 175 Å². The number of halogens is 2. The van der Waals surface area contributed by atoms with Crippen molar-refractivity contribution in [1.29, 1.82) is 0 Å². The van der Waals surface area contributed by atoms with Crippen LogP contribution in [-0.2, 0) is 4.79 Å². The number of fused-ring (bicyclic) bond motifs is 1. The van der Waals surface area contributed by atoms with Gasteiger partial charge in [0.1, 0.15) is 5.82 Å². The molecule has 1 N–H and O–H groups in total. The molecule has 1 saturated heterocycles. The molecular weight excluding hydrogens is 387 g/mol. The molecule has 5 heteroatoms. The number of nitrogens with one attached hydrogen (secondary N) is 1. The first-order valence-corrected chi connectivity index (χ1v) is 10.4. The molecule has 0 spiro atoms. The normalized spacial score (nSPS) is 16.7. The van der Waals surface area contributed by atoms with Gasteiger partial charge in [0.05, 0.1) is 5.02 Å². The molecule has 1 unspecified atom stereocenters. The maximum Gasteiger partial charge on any atom is 0.227 e. The van der Waals surface area contributed by atoms with Gasteiger partial charge in [-0.25, -0.2) is 4.39 Å². The van der Waals surface area contributed by atoms with E-state index in [4.69, 9.17) is 11.6 Å². The largest absolute Gasteiger partial charge is 0.326 e. The van der Waals surface area contributed by atoms with Crippen LogP contribution in [0.5, 0.6) is 0 Å². The van der Waals surface area contributed by atoms with Crippen LogP contribution < -0.4 is 5.32 Å². The molecule has 0 aliphatic carbocycles. The van der Waals surface area contributed by atoms with E-state index in [1.54, 1.807) is 0 Å². The molecule has 1 atom stereocenters. The topological polar surface area (TPSA) is 32.3 Å². The quantitative estimate of drug-likeness (QED) is 0.568. The van der Waals surface area contributed by atoms with Gasteiger partial charge in [-0.1, -0.05) is 54.1 Å². The molecule has 0 aromatic heterocycles. The lowest BCUT2D eigenvalue weighted by molar-refractivity contribution is -0.121. The third-order valence-electron chi connectivity index (χ3n) is 5.91. The van der Waals surface area contributed by atoms with E-state index in [1.807, 2.05) is 0 Å². The minimum Gasteiger partial charge on any atom is -0.326 e. The van der Waals surface area contributed by atoms with Crippen molar-refractivity contribution in [2.45, 2.75) is 25.8 Å². The van der Waals surface area contributed by atoms with Crippen LogP contribution >= 0.6 is 11.6 Å². The molecule has 4 rings (SSSR count). The van der Waals surface area contributed by atoms with Gasteiger partial charge in [0.25, 0.3) is 0 Å². The van der Waals surface area contributed by atoms with Gasteiger partial charge in [-0.15, -0.1) is 0 Å². The number of benzene rings is 3. The van der Waals surface area contributed by atoms with E-state index in [0.29, 0.717) is 11.7 Å². The molecular formula is C24H24ClFN2O. The zero-order chi connectivity index (χ0) is 20.4. The molecule has 0 saturated carbocycles. The first-order valence-electron chi connectivity index (χ1n) is 10.0. The molecule has 0 radical (unpaired) electrons. The highest BCUT2D eigenvalue weighted by molar-refractivity contribution is 6.31. The number of nitrogens with zero attached hydrogens (tertiary/aromatic N) is 1. The van der Waals surface area contributed by atoms with Crippen LogP contribution in [0.25, 0.3) is 10.8 Å². The maximum atomic E-state index is 13.3. The van der Waals surface area contributed by atoms with Gasteiger partial charge < -0.3 is 5.32 Å². The molecule has 3 aromatic rings. The Morgan fingerprint density at radius 1 is 1.10 bits per heavy atom. The summed E-state index contributed by atoms with van der Waals surface area (Å²) in [6.45, 7) is 3.97. The molecule has 1 aliphatic heterocycles. The van der Waals surface area contributed by atoms with E-state index in [-0.39, 0.29) is 16.8 Å². The van der Waals surface area contributed by atoms with Crippen LogP contribution in [0.2, 0.25) is 5.02 Å². The molecule has 3 nitrogen and oxygen atoms in total. The van der Waals surface area contributed by atoms with Gasteiger partial charge in [0.2, 0.25) is 5.91 Å². The number of carbonyl (C=O) groups is 1. The SMILES string of the molecule is CC(c1cccc2ccccc12)N1CCC(C(=O)Nc2ccc(F)c(Cl)c2)CC1. The van der Waals surface area contributed by atoms with Crippen molar-refractivity contribution in [3.63, 3.8) is 0 Å². The highest BCUT2D eigenvalue weighted by Crippen LogP contribution is 2.31. The van der Waals surface area contributed by atoms with E-state index in [0.717, 1.165) is 25.9 Å². The minimum atomic E-state index is -0.486. The number of anilines is 1. The Kier molecular flexibility index (Phi) is 5.84. The third kappa shape index (κ3) is 4.29. The lowest BCUT2D eigenvalue weighted by Crippen LogP contribution is -2.39. The average molecular weight is 411 g/mol. The number of amides is 1. The van der Waals surface area contributed by atoms with Crippen molar-refractivity contribution < 1.29 is 9.18 Å². The second kappa shape index (κ2) is 8.52. The summed E-state index contributed by atoms with van der Waals surface area (Å²) in [4.78, 5) is 15.1. The Bertz CT molecular complexity index is 1030. The van der Waals surface area contributed by atoms with Crippen LogP contribution in [0.4, 0.5) is 10.1 Å². The summed E-state index contributed by atoms with van der Waals surface area (Å²) in [5.74, 6) is -0.555. The number of rotatable bonds is 4. The van der Waals surface area contributed by atoms with E-state index in [2.05, 4.69) is 59.6 Å². The highest BCUT2D eigenvalue weighted by Gasteiger charge is 2.28. The number of likely N-dealkylation sites (tertiary alicyclic amines) is 1. The van der Waals surface area contributed by atoms with E-state index >= 15 is 0 Å². The van der Waals surface area contributed by atoms with Crippen molar-refractivity contribution in [2.24, 2.45) is 5.92 Å². The Morgan fingerprint density at radius 2 is 1.83 bits per heavy atom. The van der Waals surface area contributed by atoms with Crippen LogP contribution in [0.3, 0.4) is 0 Å². The number of hydrogen-bond donors (Lipinski definition) is 1. The molecule has 29 heavy (non-hydrogen) atoms. The van der Waals surface area contributed by atoms with Gasteiger partial charge in [-0.3, -0.25) is 9.69 Å². The summed E-state index contributed by atoms with van der Waals surface area (Å²) in [5, 5.41) is 5.43. The van der Waals surface area contributed by atoms with Crippen molar-refractivity contribution in [2.75, 3.05) is 18.4 Å². The standard InChI is InChI=1S/C24H24ClFN2O/c1-16(20-8-4-6-17-5-2-3-7-21(17)20)28-13-11-18(12-14-28)24(29)27-19-9-10-23(26)22(25)15-19/h2-10,15-16,18H,11-14H2,1H3,(H,27,29). The van der Waals surface area contributed by atoms with Crippen LogP contribution in [-0.4, -0.2) is 23.9 Å². The second-order valence-electron chi connectivity index (χ2n) is 7.67. The summed E-state index contributed by atoms with van der Waals surface area (Å²) in [5.41, 5.74) is 1.86. The summed E-state index contributed by atoms with van der Waals surface area (Å²) in [6.07, 6.45) is 1.60. The first-order chi connectivity index (χ1) is 14.0. The smallest absolute Gasteiger partial charge is 0.227 e. The predicted molar refractivity (Wildman–Crippen MR) is 117 cm³/mol. The molecule has 150 valence electrons. The van der Waals surface area contributed by atoms with Gasteiger partial charge in [0.15, 0.2) is 0 Å². The van der Waals surface area contributed by atoms with Crippen LogP contribution in [0.1, 0.15) is 31.4 Å². The summed E-state index contributed by atoms with van der Waals surface area (Å²) in [7, 11) is 0. The fourth-order valence-corrected chi connectivity index (χ4v) is 4.36. The Balaban J connectivity index is 1.39. The van der Waals surface area contributed by atoms with Gasteiger partial charge in [-0.05, 0) is 67.4 Å². The molecule has 1 amide bonds. The fourth-order valence-electron chi connectivity index (χ4n) is 4.18. The monoisotopic (exact) mass is 410 g/mol. The number of piperidine rings is 1. The summed E-state index contributed by atoms with van der Waals surface area (Å²) >= 11 is 5.80. The minimum absolute atomic E-state index is 0.0153. The fraction of sp³-hybridized carbons (Fsp3) is 0.292. The highest BCUT2D eigenvalue weighted by atomic mass is 35.5. The Hall–Kier alpha value is -2.43. The van der Waals surface area contributed by atoms with E-state index in [9.17, 15) is 9.18 Å². The maximum absolute atomic E-state index is 13.3. The zero-order valence-corrected chi connectivity index (χ0v) is 17.1. The molecule has 1 aliphatic rings. The molecule has 3 aromatic carbocycles. The second-order valence-corrected chi connectivity index (χ2v) is 8.08. The van der Waals surface area contributed by atoms with Crippen molar-refractivity contribution in [1.82, 2.24) is 4.90 Å². The van der Waals surface area contributed by atoms with Crippen molar-refractivity contribution in [3.05, 3.63) is 77.1 Å². The summed E-state index contributed by atoms with van der Waals surface area (Å²) in [6, 6.07) is 19.5. The zero-order valence-electron chi connectivity index (χ0n) is 16.4. The molecule has 1 fully saturated rings. The van der Waals surface area contributed by atoms with Crippen LogP contribution in [0.15, 0.2) is 60.7 Å². The lowest BCUT2D eigenvalue weighted by Gasteiger charge is -2.36. The average Bonchev–Trinajstić information content (AvgIpc) is 2.75. The van der Waals surface area contributed by atoms with Gasteiger partial charge >= 0.3 is 0 Å². The van der Waals surface area contributed by atoms with Crippen molar-refractivity contribution >= 4 is 34.0 Å². The van der Waals surface area contributed by atoms with Crippen LogP contribution in [0, 0.1) is 11.7 Å². The predicted octanol–water partition coefficient (Wildman–Crippen LogP) is 6.04. The number of hydrogen-bond acceptors (Lipinski definition) is 2. The van der Waals surface area contributed by atoms with Gasteiger partial charge in [0, 0.05) is 17.6 Å². The molecule has 1 heterocycles. The third-order valence-corrected chi connectivity index (χ3v) is 6.20. The van der Waals surface area contributed by atoms with Gasteiger partial charge in [-0.2, -0.15) is 0 Å². The lowest BCUT2D eigenvalue weighted by atomic mass is 9.92. The van der Waals surface area contributed by atoms with E-state index in [1.165, 1.54) is 34.5 Å². The van der Waals surface area contributed by atoms with Crippen molar-refractivity contribution in [3.8, 4) is 0 Å². The first kappa shape index (κ1) is 19.9. The molecule has 0 bridgehead atoms. The van der Waals surface area contributed by atoms with E-state index < -0.39 is 5.82 Å². The number of carbonyl (C=O) groups excluding carboxylic acids is 1.